The minimum Gasteiger partial charge on any atom is -0.309 e. The molecular formula is C13H10N2O2. The molecule has 0 aliphatic heterocycles. The SMILES string of the molecule is Cn1c(=O)c2cccn2c(=O)c2ccccc21. The van der Waals surface area contributed by atoms with E-state index in [1.807, 2.05) is 6.07 Å². The molecule has 0 atom stereocenters. The van der Waals surface area contributed by atoms with Crippen molar-refractivity contribution in [3.05, 3.63) is 63.3 Å². The van der Waals surface area contributed by atoms with Gasteiger partial charge in [0.2, 0.25) is 0 Å². The number of fused-ring (bicyclic) bond motifs is 2. The molecule has 0 fully saturated rings. The third-order valence-corrected chi connectivity index (χ3v) is 2.99. The van der Waals surface area contributed by atoms with Crippen molar-refractivity contribution in [2.24, 2.45) is 7.05 Å². The normalized spacial score (nSPS) is 11.1. The highest BCUT2D eigenvalue weighted by Gasteiger charge is 2.06. The Kier molecular flexibility index (Phi) is 1.92. The molecule has 4 nitrogen and oxygen atoms in total. The average Bonchev–Trinajstić information content (AvgIpc) is 2.82. The van der Waals surface area contributed by atoms with E-state index >= 15 is 0 Å². The second-order valence-electron chi connectivity index (χ2n) is 3.95. The van der Waals surface area contributed by atoms with Gasteiger partial charge < -0.3 is 4.57 Å². The molecule has 0 aliphatic carbocycles. The predicted molar refractivity (Wildman–Crippen MR) is 66.4 cm³/mol. The van der Waals surface area contributed by atoms with E-state index in [0.717, 1.165) is 0 Å². The van der Waals surface area contributed by atoms with E-state index in [1.165, 1.54) is 8.97 Å². The first-order valence-electron chi connectivity index (χ1n) is 5.29. The quantitative estimate of drug-likeness (QED) is 0.577. The Labute approximate surface area is 96.4 Å². The van der Waals surface area contributed by atoms with E-state index in [9.17, 15) is 9.59 Å². The Morgan fingerprint density at radius 2 is 1.59 bits per heavy atom. The van der Waals surface area contributed by atoms with E-state index < -0.39 is 0 Å². The van der Waals surface area contributed by atoms with Crippen molar-refractivity contribution in [2.75, 3.05) is 0 Å². The molecule has 1 aromatic carbocycles. The molecule has 0 N–H and O–H groups in total. The van der Waals surface area contributed by atoms with Crippen LogP contribution >= 0.6 is 0 Å². The summed E-state index contributed by atoms with van der Waals surface area (Å²) in [7, 11) is 1.68. The molecule has 2 aromatic heterocycles. The molecule has 3 aromatic rings. The van der Waals surface area contributed by atoms with Gasteiger partial charge in [0.25, 0.3) is 11.1 Å². The largest absolute Gasteiger partial charge is 0.309 e. The summed E-state index contributed by atoms with van der Waals surface area (Å²) >= 11 is 0. The van der Waals surface area contributed by atoms with Gasteiger partial charge >= 0.3 is 0 Å². The molecule has 84 valence electrons. The lowest BCUT2D eigenvalue weighted by Crippen LogP contribution is -2.15. The minimum absolute atomic E-state index is 0.168. The number of para-hydroxylation sites is 1. The Morgan fingerprint density at radius 1 is 0.882 bits per heavy atom. The van der Waals surface area contributed by atoms with Crippen molar-refractivity contribution in [2.45, 2.75) is 0 Å². The molecule has 2 heterocycles. The van der Waals surface area contributed by atoms with Gasteiger partial charge in [0, 0.05) is 13.2 Å². The fourth-order valence-corrected chi connectivity index (χ4v) is 2.09. The highest BCUT2D eigenvalue weighted by atomic mass is 16.1. The third kappa shape index (κ3) is 1.24. The fraction of sp³-hybridized carbons (Fsp3) is 0.0769. The first-order chi connectivity index (χ1) is 8.20. The zero-order chi connectivity index (χ0) is 12.0. The van der Waals surface area contributed by atoms with Crippen LogP contribution in [0.5, 0.6) is 0 Å². The predicted octanol–water partition coefficient (Wildman–Crippen LogP) is 1.15. The molecule has 0 unspecified atom stereocenters. The molecular weight excluding hydrogens is 216 g/mol. The number of rotatable bonds is 0. The average molecular weight is 226 g/mol. The van der Waals surface area contributed by atoms with E-state index in [-0.39, 0.29) is 11.1 Å². The van der Waals surface area contributed by atoms with E-state index in [2.05, 4.69) is 0 Å². The summed E-state index contributed by atoms with van der Waals surface area (Å²) in [6.45, 7) is 0. The smallest absolute Gasteiger partial charge is 0.275 e. The summed E-state index contributed by atoms with van der Waals surface area (Å²) in [5.74, 6) is 0. The Morgan fingerprint density at radius 3 is 2.41 bits per heavy atom. The summed E-state index contributed by atoms with van der Waals surface area (Å²) in [6.07, 6.45) is 1.62. The number of benzene rings is 1. The van der Waals surface area contributed by atoms with Crippen LogP contribution in [0.4, 0.5) is 0 Å². The lowest BCUT2D eigenvalue weighted by atomic mass is 10.2. The van der Waals surface area contributed by atoms with Crippen molar-refractivity contribution < 1.29 is 0 Å². The van der Waals surface area contributed by atoms with Crippen LogP contribution in [0.2, 0.25) is 0 Å². The van der Waals surface area contributed by atoms with Gasteiger partial charge in [0.1, 0.15) is 5.52 Å². The van der Waals surface area contributed by atoms with Crippen LogP contribution in [0, 0.1) is 0 Å². The molecule has 0 spiro atoms. The van der Waals surface area contributed by atoms with Crippen molar-refractivity contribution in [1.29, 1.82) is 0 Å². The molecule has 0 aliphatic rings. The van der Waals surface area contributed by atoms with Crippen LogP contribution in [0.3, 0.4) is 0 Å². The number of aryl methyl sites for hydroxylation is 1. The molecule has 0 bridgehead atoms. The topological polar surface area (TPSA) is 43.5 Å². The minimum atomic E-state index is -0.173. The first-order valence-corrected chi connectivity index (χ1v) is 5.29. The van der Waals surface area contributed by atoms with E-state index in [1.54, 1.807) is 43.6 Å². The molecule has 0 saturated carbocycles. The molecule has 0 radical (unpaired) electrons. The van der Waals surface area contributed by atoms with E-state index in [0.29, 0.717) is 16.4 Å². The molecule has 4 heteroatoms. The van der Waals surface area contributed by atoms with Crippen LogP contribution < -0.4 is 11.1 Å². The van der Waals surface area contributed by atoms with Crippen LogP contribution in [-0.2, 0) is 7.05 Å². The number of hydrogen-bond donors (Lipinski definition) is 0. The van der Waals surface area contributed by atoms with Gasteiger partial charge in [-0.1, -0.05) is 12.1 Å². The number of hydrogen-bond acceptors (Lipinski definition) is 2. The monoisotopic (exact) mass is 226 g/mol. The summed E-state index contributed by atoms with van der Waals surface area (Å²) in [5.41, 5.74) is 0.700. The van der Waals surface area contributed by atoms with Crippen LogP contribution in [-0.4, -0.2) is 8.97 Å². The third-order valence-electron chi connectivity index (χ3n) is 2.99. The maximum atomic E-state index is 12.3. The van der Waals surface area contributed by atoms with Gasteiger partial charge in [-0.15, -0.1) is 0 Å². The lowest BCUT2D eigenvalue weighted by molar-refractivity contribution is 0.916. The van der Waals surface area contributed by atoms with Gasteiger partial charge in [-0.3, -0.25) is 14.0 Å². The van der Waals surface area contributed by atoms with Gasteiger partial charge in [0.05, 0.1) is 10.9 Å². The van der Waals surface area contributed by atoms with Crippen LogP contribution in [0.15, 0.2) is 52.2 Å². The highest BCUT2D eigenvalue weighted by Crippen LogP contribution is 2.06. The van der Waals surface area contributed by atoms with Gasteiger partial charge in [0.15, 0.2) is 0 Å². The van der Waals surface area contributed by atoms with Gasteiger partial charge in [-0.2, -0.15) is 0 Å². The van der Waals surface area contributed by atoms with Crippen molar-refractivity contribution in [3.63, 3.8) is 0 Å². The second kappa shape index (κ2) is 3.31. The van der Waals surface area contributed by atoms with Crippen LogP contribution in [0.1, 0.15) is 0 Å². The fourth-order valence-electron chi connectivity index (χ4n) is 2.09. The molecule has 3 rings (SSSR count). The number of nitrogens with zero attached hydrogens (tertiary/aromatic N) is 2. The van der Waals surface area contributed by atoms with E-state index in [4.69, 9.17) is 0 Å². The van der Waals surface area contributed by atoms with Crippen molar-refractivity contribution in [1.82, 2.24) is 8.97 Å². The van der Waals surface area contributed by atoms with Crippen molar-refractivity contribution in [3.8, 4) is 0 Å². The standard InChI is InChI=1S/C13H10N2O2/c1-14-10-6-3-2-5-9(10)12(16)15-8-4-7-11(15)13(14)17/h2-8H,1H3. The zero-order valence-electron chi connectivity index (χ0n) is 9.25. The van der Waals surface area contributed by atoms with Gasteiger partial charge in [-0.05, 0) is 24.3 Å². The summed E-state index contributed by atoms with van der Waals surface area (Å²) in [6, 6.07) is 10.5. The molecule has 0 amide bonds. The Balaban J connectivity index is 2.85. The molecule has 17 heavy (non-hydrogen) atoms. The van der Waals surface area contributed by atoms with Crippen LogP contribution in [0.25, 0.3) is 16.4 Å². The number of aromatic nitrogens is 2. The van der Waals surface area contributed by atoms with Crippen molar-refractivity contribution >= 4 is 16.4 Å². The maximum absolute atomic E-state index is 12.3. The Hall–Kier alpha value is -2.36. The summed E-state index contributed by atoms with van der Waals surface area (Å²) in [4.78, 5) is 24.4. The second-order valence-corrected chi connectivity index (χ2v) is 3.95. The lowest BCUT2D eigenvalue weighted by Gasteiger charge is -1.96. The Bertz CT molecular complexity index is 843. The zero-order valence-corrected chi connectivity index (χ0v) is 9.25. The summed E-state index contributed by atoms with van der Waals surface area (Å²) in [5, 5.41) is 0.540. The maximum Gasteiger partial charge on any atom is 0.275 e. The first kappa shape index (κ1) is 9.84. The van der Waals surface area contributed by atoms with Gasteiger partial charge in [-0.25, -0.2) is 0 Å². The molecule has 0 saturated heterocycles. The summed E-state index contributed by atoms with van der Waals surface area (Å²) < 4.78 is 2.90. The highest BCUT2D eigenvalue weighted by molar-refractivity contribution is 5.78.